The second-order valence-electron chi connectivity index (χ2n) is 6.24. The maximum Gasteiger partial charge on any atom is 0.455 e. The Kier molecular flexibility index (Phi) is 7.34. The summed E-state index contributed by atoms with van der Waals surface area (Å²) in [5.41, 5.74) is 1.31. The molecule has 0 saturated heterocycles. The van der Waals surface area contributed by atoms with Gasteiger partial charge in [-0.1, -0.05) is 76.2 Å². The van der Waals surface area contributed by atoms with Gasteiger partial charge in [-0.15, -0.1) is 0 Å². The van der Waals surface area contributed by atoms with Crippen LogP contribution in [0.2, 0.25) is 23.9 Å². The second-order valence-corrected chi connectivity index (χ2v) is 11.7. The monoisotopic (exact) mass is 317 g/mol. The highest BCUT2D eigenvalue weighted by molar-refractivity contribution is 6.81. The summed E-state index contributed by atoms with van der Waals surface area (Å²) in [5.74, 6) is -0.819. The lowest BCUT2D eigenvalue weighted by molar-refractivity contribution is 0.366. The Hall–Kier alpha value is -1.09. The van der Waals surface area contributed by atoms with Gasteiger partial charge in [0.2, 0.25) is 0 Å². The van der Waals surface area contributed by atoms with Gasteiger partial charge in [-0.05, 0) is 11.1 Å². The van der Waals surface area contributed by atoms with Gasteiger partial charge in [0.25, 0.3) is 0 Å². The normalized spacial score (nSPS) is 15.7. The summed E-state index contributed by atoms with van der Waals surface area (Å²) in [4.78, 5) is 0. The Morgan fingerprint density at radius 3 is 1.95 bits per heavy atom. The van der Waals surface area contributed by atoms with Crippen molar-refractivity contribution in [1.82, 2.24) is 0 Å². The Morgan fingerprint density at radius 1 is 1.09 bits per heavy atom. The molecule has 0 saturated carbocycles. The van der Waals surface area contributed by atoms with E-state index in [1.165, 1.54) is 5.56 Å². The number of benzene rings is 1. The van der Waals surface area contributed by atoms with Crippen molar-refractivity contribution in [2.45, 2.75) is 57.2 Å². The molecule has 0 aliphatic heterocycles. The van der Waals surface area contributed by atoms with Crippen molar-refractivity contribution in [2.75, 3.05) is 0 Å². The molecule has 1 rings (SSSR count). The molecule has 1 aromatic rings. The molecule has 0 aromatic heterocycles. The van der Waals surface area contributed by atoms with Crippen LogP contribution in [0.15, 0.2) is 30.3 Å². The lowest BCUT2D eigenvalue weighted by Gasteiger charge is -2.41. The van der Waals surface area contributed by atoms with Crippen LogP contribution < -0.4 is 0 Å². The van der Waals surface area contributed by atoms with Gasteiger partial charge in [0.15, 0.2) is 0 Å². The van der Waals surface area contributed by atoms with Crippen LogP contribution in [0.3, 0.4) is 0 Å². The Labute approximate surface area is 136 Å². The number of nitriles is 1. The van der Waals surface area contributed by atoms with Gasteiger partial charge < -0.3 is 10.0 Å². The van der Waals surface area contributed by atoms with Crippen LogP contribution in [0.25, 0.3) is 0 Å². The van der Waals surface area contributed by atoms with Gasteiger partial charge >= 0.3 is 7.12 Å². The van der Waals surface area contributed by atoms with Crippen LogP contribution in [0.4, 0.5) is 0 Å². The van der Waals surface area contributed by atoms with Gasteiger partial charge in [-0.3, -0.25) is 0 Å². The summed E-state index contributed by atoms with van der Waals surface area (Å²) in [6, 6.07) is 15.9. The molecule has 0 aliphatic carbocycles. The van der Waals surface area contributed by atoms with Crippen molar-refractivity contribution in [3.05, 3.63) is 35.9 Å². The number of hydrogen-bond donors (Lipinski definition) is 2. The van der Waals surface area contributed by atoms with E-state index < -0.39 is 21.0 Å². The molecule has 5 heteroatoms. The molecule has 3 atom stereocenters. The van der Waals surface area contributed by atoms with Crippen molar-refractivity contribution in [1.29, 1.82) is 5.26 Å². The van der Waals surface area contributed by atoms with E-state index in [1.54, 1.807) is 6.92 Å². The van der Waals surface area contributed by atoms with E-state index in [-0.39, 0.29) is 11.5 Å². The van der Waals surface area contributed by atoms with Gasteiger partial charge in [-0.2, -0.15) is 5.26 Å². The van der Waals surface area contributed by atoms with Crippen LogP contribution in [0, 0.1) is 17.2 Å². The Balaban J connectivity index is 3.43. The minimum absolute atomic E-state index is 0.135. The Morgan fingerprint density at radius 2 is 1.59 bits per heavy atom. The third kappa shape index (κ3) is 3.81. The molecule has 120 valence electrons. The molecule has 0 bridgehead atoms. The number of rotatable bonds is 8. The van der Waals surface area contributed by atoms with Gasteiger partial charge in [0, 0.05) is 5.82 Å². The molecule has 0 amide bonds. The molecule has 1 aromatic carbocycles. The maximum absolute atomic E-state index is 9.78. The quantitative estimate of drug-likeness (QED) is 0.716. The van der Waals surface area contributed by atoms with E-state index in [2.05, 4.69) is 39.0 Å². The topological polar surface area (TPSA) is 64.2 Å². The van der Waals surface area contributed by atoms with E-state index >= 15 is 0 Å². The number of nitrogens with zero attached hydrogens (tertiary/aromatic N) is 1. The van der Waals surface area contributed by atoms with E-state index in [1.807, 2.05) is 18.2 Å². The molecule has 0 aliphatic rings. The minimum Gasteiger partial charge on any atom is -0.427 e. The predicted molar refractivity (Wildman–Crippen MR) is 95.1 cm³/mol. The van der Waals surface area contributed by atoms with E-state index in [0.717, 1.165) is 18.1 Å². The highest BCUT2D eigenvalue weighted by Crippen LogP contribution is 2.45. The van der Waals surface area contributed by atoms with Gasteiger partial charge in [-0.25, -0.2) is 0 Å². The summed E-state index contributed by atoms with van der Waals surface area (Å²) >= 11 is 0. The smallest absolute Gasteiger partial charge is 0.427 e. The summed E-state index contributed by atoms with van der Waals surface area (Å²) in [6.45, 7) is 8.45. The Bertz CT molecular complexity index is 477. The molecule has 22 heavy (non-hydrogen) atoms. The highest BCUT2D eigenvalue weighted by Gasteiger charge is 2.45. The minimum atomic E-state index is -1.73. The van der Waals surface area contributed by atoms with Crippen LogP contribution in [0.5, 0.6) is 0 Å². The standard InChI is InChI=1S/C17H28BNO2Si/c1-5-22(6-2,7-3)17(15-11-9-8-10-12-15)16(13-19)14(4)18(20)21/h8-12,14,16-17,20-21H,5-7H2,1-4H3. The van der Waals surface area contributed by atoms with Crippen molar-refractivity contribution >= 4 is 15.2 Å². The van der Waals surface area contributed by atoms with Gasteiger partial charge in [0.05, 0.1) is 20.1 Å². The zero-order chi connectivity index (χ0) is 16.8. The highest BCUT2D eigenvalue weighted by atomic mass is 28.3. The first-order valence-corrected chi connectivity index (χ1v) is 11.0. The van der Waals surface area contributed by atoms with Crippen molar-refractivity contribution < 1.29 is 10.0 Å². The molecular formula is C17H28BNO2Si. The lowest BCUT2D eigenvalue weighted by Crippen LogP contribution is -2.45. The predicted octanol–water partition coefficient (Wildman–Crippen LogP) is 3.82. The summed E-state index contributed by atoms with van der Waals surface area (Å²) in [7, 11) is -3.18. The lowest BCUT2D eigenvalue weighted by atomic mass is 9.65. The zero-order valence-corrected chi connectivity index (χ0v) is 15.2. The van der Waals surface area contributed by atoms with Crippen LogP contribution in [-0.2, 0) is 0 Å². The fourth-order valence-corrected chi connectivity index (χ4v) is 8.55. The fourth-order valence-electron chi connectivity index (χ4n) is 3.69. The zero-order valence-electron chi connectivity index (χ0n) is 14.2. The van der Waals surface area contributed by atoms with E-state index in [4.69, 9.17) is 0 Å². The fraction of sp³-hybridized carbons (Fsp3) is 0.588. The van der Waals surface area contributed by atoms with Crippen molar-refractivity contribution in [3.63, 3.8) is 0 Å². The third-order valence-corrected chi connectivity index (χ3v) is 11.7. The molecular weight excluding hydrogens is 289 g/mol. The average molecular weight is 317 g/mol. The second kappa shape index (κ2) is 8.52. The van der Waals surface area contributed by atoms with Crippen molar-refractivity contribution in [3.8, 4) is 6.07 Å². The van der Waals surface area contributed by atoms with Crippen LogP contribution >= 0.6 is 0 Å². The molecule has 2 N–H and O–H groups in total. The van der Waals surface area contributed by atoms with E-state index in [9.17, 15) is 15.3 Å². The molecule has 0 radical (unpaired) electrons. The largest absolute Gasteiger partial charge is 0.455 e. The summed E-state index contributed by atoms with van der Waals surface area (Å²) in [5, 5.41) is 29.0. The summed E-state index contributed by atoms with van der Waals surface area (Å²) < 4.78 is 0. The first kappa shape index (κ1) is 19.0. The van der Waals surface area contributed by atoms with Crippen LogP contribution in [-0.4, -0.2) is 25.2 Å². The molecule has 0 heterocycles. The van der Waals surface area contributed by atoms with E-state index in [0.29, 0.717) is 0 Å². The number of hydrogen-bond acceptors (Lipinski definition) is 3. The average Bonchev–Trinajstić information content (AvgIpc) is 2.56. The molecule has 0 spiro atoms. The first-order valence-electron chi connectivity index (χ1n) is 8.28. The first-order chi connectivity index (χ1) is 10.5. The SMILES string of the molecule is CC[Si](CC)(CC)C(c1ccccc1)C(C#N)C(C)B(O)O. The van der Waals surface area contributed by atoms with Gasteiger partial charge in [0.1, 0.15) is 0 Å². The molecule has 3 nitrogen and oxygen atoms in total. The molecule has 0 fully saturated rings. The third-order valence-electron chi connectivity index (χ3n) is 5.48. The summed E-state index contributed by atoms with van der Waals surface area (Å²) in [6.07, 6.45) is 0. The molecule has 3 unspecified atom stereocenters. The maximum atomic E-state index is 9.78. The van der Waals surface area contributed by atoms with Crippen LogP contribution in [0.1, 0.15) is 38.8 Å². The van der Waals surface area contributed by atoms with Crippen molar-refractivity contribution in [2.24, 2.45) is 5.92 Å².